The molecule has 0 aliphatic carbocycles. The van der Waals surface area contributed by atoms with Gasteiger partial charge in [-0.2, -0.15) is 13.2 Å². The lowest BCUT2D eigenvalue weighted by molar-refractivity contribution is -0.137. The normalized spacial score (nSPS) is 11.1. The van der Waals surface area contributed by atoms with Gasteiger partial charge in [-0.25, -0.2) is 0 Å². The van der Waals surface area contributed by atoms with Gasteiger partial charge in [0.1, 0.15) is 0 Å². The van der Waals surface area contributed by atoms with Crippen molar-refractivity contribution in [2.75, 3.05) is 10.6 Å². The number of thiocarbonyl (C=S) groups is 1. The Bertz CT molecular complexity index is 634. The molecule has 2 aromatic rings. The van der Waals surface area contributed by atoms with Gasteiger partial charge in [-0.1, -0.05) is 19.1 Å². The molecule has 2 aromatic carbocycles. The zero-order valence-electron chi connectivity index (χ0n) is 11.9. The third kappa shape index (κ3) is 4.46. The average molecular weight is 324 g/mol. The molecule has 0 fully saturated rings. The van der Waals surface area contributed by atoms with Crippen molar-refractivity contribution in [2.45, 2.75) is 19.5 Å². The Morgan fingerprint density at radius 1 is 0.909 bits per heavy atom. The lowest BCUT2D eigenvalue weighted by Crippen LogP contribution is -2.19. The highest BCUT2D eigenvalue weighted by Crippen LogP contribution is 2.29. The molecule has 0 radical (unpaired) electrons. The molecule has 0 aromatic heterocycles. The van der Waals surface area contributed by atoms with Crippen LogP contribution in [0.4, 0.5) is 24.5 Å². The molecular weight excluding hydrogens is 309 g/mol. The van der Waals surface area contributed by atoms with Gasteiger partial charge in [0, 0.05) is 11.4 Å². The van der Waals surface area contributed by atoms with Crippen LogP contribution in [0.25, 0.3) is 0 Å². The molecule has 0 aliphatic rings. The molecular formula is C16H15F3N2S. The summed E-state index contributed by atoms with van der Waals surface area (Å²) in [6, 6.07) is 12.5. The Kier molecular flexibility index (Phi) is 5.03. The van der Waals surface area contributed by atoms with E-state index in [0.717, 1.165) is 24.2 Å². The van der Waals surface area contributed by atoms with Crippen LogP contribution in [0.15, 0.2) is 48.5 Å². The summed E-state index contributed by atoms with van der Waals surface area (Å²) in [5.74, 6) is 0. The molecule has 0 amide bonds. The highest BCUT2D eigenvalue weighted by atomic mass is 32.1. The van der Waals surface area contributed by atoms with Crippen LogP contribution >= 0.6 is 12.2 Å². The van der Waals surface area contributed by atoms with E-state index in [0.29, 0.717) is 10.8 Å². The largest absolute Gasteiger partial charge is 0.416 e. The SMILES string of the molecule is CCc1ccc(NC(=S)Nc2ccc(C(F)(F)F)cc2)cc1. The lowest BCUT2D eigenvalue weighted by atomic mass is 10.1. The summed E-state index contributed by atoms with van der Waals surface area (Å²) in [5.41, 5.74) is 1.84. The Morgan fingerprint density at radius 3 is 1.77 bits per heavy atom. The summed E-state index contributed by atoms with van der Waals surface area (Å²) < 4.78 is 37.4. The van der Waals surface area contributed by atoms with Gasteiger partial charge in [0.15, 0.2) is 5.11 Å². The molecule has 6 heteroatoms. The van der Waals surface area contributed by atoms with E-state index in [9.17, 15) is 13.2 Å². The monoisotopic (exact) mass is 324 g/mol. The molecule has 0 aliphatic heterocycles. The zero-order chi connectivity index (χ0) is 16.2. The third-order valence-electron chi connectivity index (χ3n) is 3.09. The number of hydrogen-bond acceptors (Lipinski definition) is 1. The number of alkyl halides is 3. The van der Waals surface area contributed by atoms with E-state index in [-0.39, 0.29) is 0 Å². The van der Waals surface area contributed by atoms with Gasteiger partial charge < -0.3 is 10.6 Å². The fraction of sp³-hybridized carbons (Fsp3) is 0.188. The first-order valence-electron chi connectivity index (χ1n) is 6.72. The van der Waals surface area contributed by atoms with E-state index in [1.165, 1.54) is 17.7 Å². The first kappa shape index (κ1) is 16.3. The minimum absolute atomic E-state index is 0.323. The van der Waals surface area contributed by atoms with Crippen LogP contribution < -0.4 is 10.6 Å². The summed E-state index contributed by atoms with van der Waals surface area (Å²) >= 11 is 5.14. The topological polar surface area (TPSA) is 24.1 Å². The zero-order valence-corrected chi connectivity index (χ0v) is 12.7. The van der Waals surface area contributed by atoms with Crippen LogP contribution in [0.1, 0.15) is 18.1 Å². The third-order valence-corrected chi connectivity index (χ3v) is 3.29. The molecule has 22 heavy (non-hydrogen) atoms. The Hall–Kier alpha value is -2.08. The second kappa shape index (κ2) is 6.79. The summed E-state index contributed by atoms with van der Waals surface area (Å²) in [4.78, 5) is 0. The first-order valence-corrected chi connectivity index (χ1v) is 7.13. The summed E-state index contributed by atoms with van der Waals surface area (Å²) in [6.07, 6.45) is -3.38. The van der Waals surface area contributed by atoms with Gasteiger partial charge in [0.05, 0.1) is 5.56 Å². The maximum Gasteiger partial charge on any atom is 0.416 e. The molecule has 0 saturated heterocycles. The molecule has 2 nitrogen and oxygen atoms in total. The second-order valence-corrected chi connectivity index (χ2v) is 5.11. The maximum atomic E-state index is 12.5. The van der Waals surface area contributed by atoms with E-state index in [1.807, 2.05) is 24.3 Å². The smallest absolute Gasteiger partial charge is 0.332 e. The number of nitrogens with one attached hydrogen (secondary N) is 2. The molecule has 0 bridgehead atoms. The highest BCUT2D eigenvalue weighted by Gasteiger charge is 2.29. The van der Waals surface area contributed by atoms with Crippen LogP contribution in [-0.2, 0) is 12.6 Å². The first-order chi connectivity index (χ1) is 10.4. The van der Waals surface area contributed by atoms with Crippen molar-refractivity contribution >= 4 is 28.7 Å². The van der Waals surface area contributed by atoms with Gasteiger partial charge >= 0.3 is 6.18 Å². The number of rotatable bonds is 3. The molecule has 0 heterocycles. The molecule has 0 saturated carbocycles. The van der Waals surface area contributed by atoms with Crippen molar-refractivity contribution in [2.24, 2.45) is 0 Å². The van der Waals surface area contributed by atoms with Gasteiger partial charge in [-0.3, -0.25) is 0 Å². The van der Waals surface area contributed by atoms with Gasteiger partial charge in [0.2, 0.25) is 0 Å². The van der Waals surface area contributed by atoms with Gasteiger partial charge in [-0.15, -0.1) is 0 Å². The van der Waals surface area contributed by atoms with Crippen LogP contribution in [0.3, 0.4) is 0 Å². The fourth-order valence-electron chi connectivity index (χ4n) is 1.86. The quantitative estimate of drug-likeness (QED) is 0.770. The molecule has 2 rings (SSSR count). The van der Waals surface area contributed by atoms with Gasteiger partial charge in [-0.05, 0) is 60.6 Å². The highest BCUT2D eigenvalue weighted by molar-refractivity contribution is 7.80. The standard InChI is InChI=1S/C16H15F3N2S/c1-2-11-3-7-13(8-4-11)20-15(22)21-14-9-5-12(6-10-14)16(17,18)19/h3-10H,2H2,1H3,(H2,20,21,22). The maximum absolute atomic E-state index is 12.5. The summed E-state index contributed by atoms with van der Waals surface area (Å²) in [6.45, 7) is 2.07. The summed E-state index contributed by atoms with van der Waals surface area (Å²) in [5, 5.41) is 6.16. The summed E-state index contributed by atoms with van der Waals surface area (Å²) in [7, 11) is 0. The van der Waals surface area contributed by atoms with Crippen LogP contribution in [-0.4, -0.2) is 5.11 Å². The van der Waals surface area contributed by atoms with Crippen LogP contribution in [0.5, 0.6) is 0 Å². The van der Waals surface area contributed by atoms with Crippen LogP contribution in [0, 0.1) is 0 Å². The van der Waals surface area contributed by atoms with Crippen LogP contribution in [0.2, 0.25) is 0 Å². The number of hydrogen-bond donors (Lipinski definition) is 2. The van der Waals surface area contributed by atoms with Crippen molar-refractivity contribution in [3.63, 3.8) is 0 Å². The number of anilines is 2. The van der Waals surface area contributed by atoms with E-state index in [1.54, 1.807) is 0 Å². The number of halogens is 3. The van der Waals surface area contributed by atoms with E-state index >= 15 is 0 Å². The Morgan fingerprint density at radius 2 is 1.36 bits per heavy atom. The predicted molar refractivity (Wildman–Crippen MR) is 87.1 cm³/mol. The predicted octanol–water partition coefficient (Wildman–Crippen LogP) is 5.08. The minimum Gasteiger partial charge on any atom is -0.332 e. The number of aryl methyl sites for hydroxylation is 1. The molecule has 0 unspecified atom stereocenters. The van der Waals surface area contributed by atoms with E-state index < -0.39 is 11.7 Å². The Balaban J connectivity index is 1.96. The minimum atomic E-state index is -4.34. The molecule has 116 valence electrons. The van der Waals surface area contributed by atoms with Gasteiger partial charge in [0.25, 0.3) is 0 Å². The van der Waals surface area contributed by atoms with Crippen molar-refractivity contribution in [3.05, 3.63) is 59.7 Å². The molecule has 0 spiro atoms. The number of benzene rings is 2. The van der Waals surface area contributed by atoms with E-state index in [4.69, 9.17) is 12.2 Å². The fourth-order valence-corrected chi connectivity index (χ4v) is 2.10. The molecule has 0 atom stereocenters. The van der Waals surface area contributed by atoms with E-state index in [2.05, 4.69) is 17.6 Å². The van der Waals surface area contributed by atoms with Crippen molar-refractivity contribution in [3.8, 4) is 0 Å². The van der Waals surface area contributed by atoms with Crippen molar-refractivity contribution in [1.82, 2.24) is 0 Å². The average Bonchev–Trinajstić information content (AvgIpc) is 2.47. The van der Waals surface area contributed by atoms with Crippen molar-refractivity contribution < 1.29 is 13.2 Å². The Labute approximate surface area is 132 Å². The molecule has 2 N–H and O–H groups in total. The van der Waals surface area contributed by atoms with Crippen molar-refractivity contribution in [1.29, 1.82) is 0 Å². The lowest BCUT2D eigenvalue weighted by Gasteiger charge is -2.12. The second-order valence-electron chi connectivity index (χ2n) is 4.70.